The van der Waals surface area contributed by atoms with E-state index in [-0.39, 0.29) is 12.5 Å². The standard InChI is InChI=1S/C16H20N2O2/c1-11(2)16-12(3)17-18(13(16)4)15(19)10-20-14-8-6-5-7-9-14/h5-9,11H,10H2,1-4H3. The number of carbonyl (C=O) groups excluding carboxylic acids is 1. The SMILES string of the molecule is Cc1nn(C(=O)COc2ccccc2)c(C)c1C(C)C. The van der Waals surface area contributed by atoms with E-state index in [2.05, 4.69) is 18.9 Å². The lowest BCUT2D eigenvalue weighted by Crippen LogP contribution is -2.21. The Morgan fingerprint density at radius 1 is 1.25 bits per heavy atom. The van der Waals surface area contributed by atoms with Gasteiger partial charge in [-0.15, -0.1) is 0 Å². The Hall–Kier alpha value is -2.10. The highest BCUT2D eigenvalue weighted by Gasteiger charge is 2.18. The molecule has 0 atom stereocenters. The zero-order chi connectivity index (χ0) is 14.7. The molecule has 2 aromatic rings. The molecule has 1 aromatic heterocycles. The molecular formula is C16H20N2O2. The highest BCUT2D eigenvalue weighted by atomic mass is 16.5. The molecule has 0 unspecified atom stereocenters. The van der Waals surface area contributed by atoms with Crippen molar-refractivity contribution in [3.63, 3.8) is 0 Å². The maximum atomic E-state index is 12.2. The van der Waals surface area contributed by atoms with Crippen LogP contribution in [0.4, 0.5) is 0 Å². The fourth-order valence-corrected chi connectivity index (χ4v) is 2.46. The molecule has 0 fully saturated rings. The van der Waals surface area contributed by atoms with E-state index in [1.807, 2.05) is 44.2 Å². The van der Waals surface area contributed by atoms with Crippen LogP contribution in [0.5, 0.6) is 5.75 Å². The molecule has 4 nitrogen and oxygen atoms in total. The van der Waals surface area contributed by atoms with Crippen molar-refractivity contribution in [2.75, 3.05) is 6.61 Å². The molecule has 0 aliphatic heterocycles. The summed E-state index contributed by atoms with van der Waals surface area (Å²) in [5.41, 5.74) is 2.95. The molecule has 0 saturated carbocycles. The minimum atomic E-state index is -0.152. The van der Waals surface area contributed by atoms with Gasteiger partial charge < -0.3 is 4.74 Å². The molecule has 0 saturated heterocycles. The first-order chi connectivity index (χ1) is 9.50. The van der Waals surface area contributed by atoms with Gasteiger partial charge in [0.1, 0.15) is 5.75 Å². The van der Waals surface area contributed by atoms with E-state index in [1.165, 1.54) is 4.68 Å². The Kier molecular flexibility index (Phi) is 4.23. The number of hydrogen-bond donors (Lipinski definition) is 0. The summed E-state index contributed by atoms with van der Waals surface area (Å²) < 4.78 is 6.93. The normalized spacial score (nSPS) is 10.8. The number of benzene rings is 1. The molecule has 0 N–H and O–H groups in total. The van der Waals surface area contributed by atoms with Crippen LogP contribution in [0.3, 0.4) is 0 Å². The predicted octanol–water partition coefficient (Wildman–Crippen LogP) is 3.34. The number of nitrogens with zero attached hydrogens (tertiary/aromatic N) is 2. The number of rotatable bonds is 4. The zero-order valence-corrected chi connectivity index (χ0v) is 12.4. The van der Waals surface area contributed by atoms with Crippen molar-refractivity contribution in [3.05, 3.63) is 47.3 Å². The quantitative estimate of drug-likeness (QED) is 0.857. The summed E-state index contributed by atoms with van der Waals surface area (Å²) in [6.07, 6.45) is 0. The third-order valence-electron chi connectivity index (χ3n) is 3.27. The summed E-state index contributed by atoms with van der Waals surface area (Å²) in [5, 5.41) is 4.33. The summed E-state index contributed by atoms with van der Waals surface area (Å²) in [7, 11) is 0. The average molecular weight is 272 g/mol. The van der Waals surface area contributed by atoms with Gasteiger partial charge in [0, 0.05) is 5.69 Å². The molecule has 2 rings (SSSR count). The van der Waals surface area contributed by atoms with E-state index >= 15 is 0 Å². The van der Waals surface area contributed by atoms with Gasteiger partial charge in [0.2, 0.25) is 0 Å². The Morgan fingerprint density at radius 3 is 2.45 bits per heavy atom. The zero-order valence-electron chi connectivity index (χ0n) is 12.4. The second-order valence-electron chi connectivity index (χ2n) is 5.15. The Bertz CT molecular complexity index is 600. The van der Waals surface area contributed by atoms with Crippen LogP contribution in [-0.4, -0.2) is 22.3 Å². The second kappa shape index (κ2) is 5.90. The van der Waals surface area contributed by atoms with Crippen molar-refractivity contribution < 1.29 is 9.53 Å². The maximum absolute atomic E-state index is 12.2. The fourth-order valence-electron chi connectivity index (χ4n) is 2.46. The van der Waals surface area contributed by atoms with E-state index < -0.39 is 0 Å². The number of hydrogen-bond acceptors (Lipinski definition) is 3. The molecule has 1 heterocycles. The summed E-state index contributed by atoms with van der Waals surface area (Å²) >= 11 is 0. The van der Waals surface area contributed by atoms with Crippen molar-refractivity contribution in [1.29, 1.82) is 0 Å². The number of para-hydroxylation sites is 1. The third-order valence-corrected chi connectivity index (χ3v) is 3.27. The molecule has 0 aliphatic rings. The first-order valence-corrected chi connectivity index (χ1v) is 6.78. The van der Waals surface area contributed by atoms with E-state index in [4.69, 9.17) is 4.74 Å². The van der Waals surface area contributed by atoms with Gasteiger partial charge in [-0.2, -0.15) is 5.10 Å². The Labute approximate surface area is 119 Å². The smallest absolute Gasteiger partial charge is 0.284 e. The van der Waals surface area contributed by atoms with Gasteiger partial charge in [0.25, 0.3) is 5.91 Å². The van der Waals surface area contributed by atoms with Crippen molar-refractivity contribution in [2.45, 2.75) is 33.6 Å². The minimum Gasteiger partial charge on any atom is -0.484 e. The predicted molar refractivity (Wildman–Crippen MR) is 78.4 cm³/mol. The third kappa shape index (κ3) is 2.90. The number of ether oxygens (including phenoxy) is 1. The Morgan fingerprint density at radius 2 is 1.90 bits per heavy atom. The first-order valence-electron chi connectivity index (χ1n) is 6.78. The van der Waals surface area contributed by atoms with Crippen LogP contribution in [0.15, 0.2) is 30.3 Å². The molecule has 4 heteroatoms. The number of aromatic nitrogens is 2. The fraction of sp³-hybridized carbons (Fsp3) is 0.375. The highest BCUT2D eigenvalue weighted by molar-refractivity contribution is 5.80. The van der Waals surface area contributed by atoms with Gasteiger partial charge in [-0.3, -0.25) is 4.79 Å². The molecule has 0 spiro atoms. The Balaban J connectivity index is 2.12. The van der Waals surface area contributed by atoms with Gasteiger partial charge in [-0.1, -0.05) is 32.0 Å². The van der Waals surface area contributed by atoms with Gasteiger partial charge in [0.15, 0.2) is 6.61 Å². The van der Waals surface area contributed by atoms with Crippen molar-refractivity contribution >= 4 is 5.91 Å². The van der Waals surface area contributed by atoms with Crippen LogP contribution in [-0.2, 0) is 0 Å². The largest absolute Gasteiger partial charge is 0.484 e. The first kappa shape index (κ1) is 14.3. The van der Waals surface area contributed by atoms with Crippen molar-refractivity contribution in [1.82, 2.24) is 9.78 Å². The van der Waals surface area contributed by atoms with Gasteiger partial charge >= 0.3 is 0 Å². The molecule has 0 amide bonds. The average Bonchev–Trinajstić information content (AvgIpc) is 2.72. The van der Waals surface area contributed by atoms with Gasteiger partial charge in [-0.05, 0) is 37.5 Å². The van der Waals surface area contributed by atoms with Crippen LogP contribution in [0.1, 0.15) is 41.5 Å². The monoisotopic (exact) mass is 272 g/mol. The lowest BCUT2D eigenvalue weighted by Gasteiger charge is -2.08. The lowest BCUT2D eigenvalue weighted by atomic mass is 10.0. The van der Waals surface area contributed by atoms with E-state index in [9.17, 15) is 4.79 Å². The summed E-state index contributed by atoms with van der Waals surface area (Å²) in [4.78, 5) is 12.2. The second-order valence-corrected chi connectivity index (χ2v) is 5.15. The summed E-state index contributed by atoms with van der Waals surface area (Å²) in [6.45, 7) is 8.06. The van der Waals surface area contributed by atoms with Gasteiger partial charge in [-0.25, -0.2) is 4.68 Å². The highest BCUT2D eigenvalue weighted by Crippen LogP contribution is 2.22. The van der Waals surface area contributed by atoms with Crippen molar-refractivity contribution in [2.24, 2.45) is 0 Å². The van der Waals surface area contributed by atoms with Crippen LogP contribution in [0.25, 0.3) is 0 Å². The van der Waals surface area contributed by atoms with Crippen molar-refractivity contribution in [3.8, 4) is 5.75 Å². The topological polar surface area (TPSA) is 44.1 Å². The minimum absolute atomic E-state index is 0.0104. The lowest BCUT2D eigenvalue weighted by molar-refractivity contribution is 0.0818. The molecule has 0 bridgehead atoms. The van der Waals surface area contributed by atoms with E-state index in [0.29, 0.717) is 11.7 Å². The van der Waals surface area contributed by atoms with E-state index in [1.54, 1.807) is 0 Å². The molecule has 0 radical (unpaired) electrons. The molecule has 1 aromatic carbocycles. The molecule has 106 valence electrons. The molecule has 0 aliphatic carbocycles. The summed E-state index contributed by atoms with van der Waals surface area (Å²) in [6, 6.07) is 9.31. The van der Waals surface area contributed by atoms with Crippen LogP contribution >= 0.6 is 0 Å². The van der Waals surface area contributed by atoms with Gasteiger partial charge in [0.05, 0.1) is 5.69 Å². The number of aryl methyl sites for hydroxylation is 1. The maximum Gasteiger partial charge on any atom is 0.284 e. The van der Waals surface area contributed by atoms with Crippen LogP contribution in [0.2, 0.25) is 0 Å². The molecular weight excluding hydrogens is 252 g/mol. The van der Waals surface area contributed by atoms with Crippen LogP contribution < -0.4 is 4.74 Å². The van der Waals surface area contributed by atoms with E-state index in [0.717, 1.165) is 17.0 Å². The number of carbonyl (C=O) groups is 1. The molecule has 20 heavy (non-hydrogen) atoms. The summed E-state index contributed by atoms with van der Waals surface area (Å²) in [5.74, 6) is 0.888. The van der Waals surface area contributed by atoms with Crippen LogP contribution in [0, 0.1) is 13.8 Å².